The third-order valence-electron chi connectivity index (χ3n) is 6.45. The van der Waals surface area contributed by atoms with Gasteiger partial charge in [0, 0.05) is 31.1 Å². The highest BCUT2D eigenvalue weighted by Gasteiger charge is 2.29. The number of likely N-dealkylation sites (tertiary alicyclic amines) is 1. The maximum Gasteiger partial charge on any atom is 0.253 e. The fraction of sp³-hybridized carbons (Fsp3) is 0.462. The minimum atomic E-state index is -0.362. The molecule has 1 fully saturated rings. The fourth-order valence-corrected chi connectivity index (χ4v) is 4.43. The van der Waals surface area contributed by atoms with E-state index in [1.54, 1.807) is 12.0 Å². The van der Waals surface area contributed by atoms with E-state index in [9.17, 15) is 14.0 Å². The van der Waals surface area contributed by atoms with Crippen LogP contribution in [0.1, 0.15) is 48.7 Å². The molecule has 1 heterocycles. The van der Waals surface area contributed by atoms with Crippen LogP contribution in [0.4, 0.5) is 4.39 Å². The zero-order chi connectivity index (χ0) is 23.8. The molecule has 0 bridgehead atoms. The van der Waals surface area contributed by atoms with Crippen LogP contribution in [0.3, 0.4) is 0 Å². The average molecular weight is 456 g/mol. The van der Waals surface area contributed by atoms with Gasteiger partial charge in [-0.3, -0.25) is 14.5 Å². The molecule has 2 aromatic rings. The normalized spacial score (nSPS) is 15.4. The first-order chi connectivity index (χ1) is 16.0. The number of benzene rings is 2. The molecule has 1 atom stereocenters. The minimum Gasteiger partial charge on any atom is -0.497 e. The lowest BCUT2D eigenvalue weighted by Crippen LogP contribution is -2.45. The average Bonchev–Trinajstić information content (AvgIpc) is 2.86. The number of nitrogens with one attached hydrogen (secondary N) is 1. The van der Waals surface area contributed by atoms with Gasteiger partial charge in [0.2, 0.25) is 5.91 Å². The third-order valence-corrected chi connectivity index (χ3v) is 6.45. The van der Waals surface area contributed by atoms with Crippen LogP contribution in [0.5, 0.6) is 5.75 Å². The van der Waals surface area contributed by atoms with Gasteiger partial charge in [0.05, 0.1) is 13.2 Å². The molecule has 0 unspecified atom stereocenters. The molecule has 7 heteroatoms. The van der Waals surface area contributed by atoms with Crippen LogP contribution in [0, 0.1) is 11.7 Å². The number of rotatable bonds is 9. The Balaban J connectivity index is 1.57. The number of hydrogen-bond acceptors (Lipinski definition) is 4. The van der Waals surface area contributed by atoms with Crippen molar-refractivity contribution < 1.29 is 18.7 Å². The molecule has 1 N–H and O–H groups in total. The Bertz CT molecular complexity index is 923. The van der Waals surface area contributed by atoms with E-state index in [-0.39, 0.29) is 29.6 Å². The Morgan fingerprint density at radius 1 is 1.12 bits per heavy atom. The van der Waals surface area contributed by atoms with Gasteiger partial charge in [0.15, 0.2) is 0 Å². The van der Waals surface area contributed by atoms with E-state index in [0.717, 1.165) is 24.4 Å². The summed E-state index contributed by atoms with van der Waals surface area (Å²) in [5.74, 6) is 0.232. The Morgan fingerprint density at radius 3 is 2.39 bits per heavy atom. The molecule has 0 spiro atoms. The summed E-state index contributed by atoms with van der Waals surface area (Å²) in [5, 5.41) is 3.15. The van der Waals surface area contributed by atoms with Gasteiger partial charge in [0.1, 0.15) is 11.6 Å². The zero-order valence-corrected chi connectivity index (χ0v) is 19.7. The molecule has 0 saturated carbocycles. The van der Waals surface area contributed by atoms with Crippen LogP contribution >= 0.6 is 0 Å². The van der Waals surface area contributed by atoms with Crippen LogP contribution in [0.25, 0.3) is 0 Å². The standard InChI is InChI=1S/C26H34FN3O3/c1-4-29(5-2)24(21-7-6-8-23(17-21)33-3)18-28-25(31)19-13-15-30(16-14-19)26(32)20-9-11-22(27)12-10-20/h6-12,17,19,24H,4-5,13-16,18H2,1-3H3,(H,28,31)/t24-/m1/s1. The van der Waals surface area contributed by atoms with Crippen molar-refractivity contribution in [3.8, 4) is 5.75 Å². The molecular weight excluding hydrogens is 421 g/mol. The smallest absolute Gasteiger partial charge is 0.253 e. The molecule has 1 aliphatic rings. The molecule has 6 nitrogen and oxygen atoms in total. The van der Waals surface area contributed by atoms with E-state index >= 15 is 0 Å². The summed E-state index contributed by atoms with van der Waals surface area (Å²) >= 11 is 0. The van der Waals surface area contributed by atoms with Crippen LogP contribution in [-0.2, 0) is 4.79 Å². The van der Waals surface area contributed by atoms with Crippen LogP contribution in [-0.4, -0.2) is 61.4 Å². The van der Waals surface area contributed by atoms with Crippen molar-refractivity contribution in [2.75, 3.05) is 39.8 Å². The van der Waals surface area contributed by atoms with Gasteiger partial charge in [-0.25, -0.2) is 4.39 Å². The summed E-state index contributed by atoms with van der Waals surface area (Å²) < 4.78 is 18.5. The van der Waals surface area contributed by atoms with Crippen molar-refractivity contribution in [2.45, 2.75) is 32.7 Å². The topological polar surface area (TPSA) is 61.9 Å². The van der Waals surface area contributed by atoms with Gasteiger partial charge in [0.25, 0.3) is 5.91 Å². The van der Waals surface area contributed by atoms with Crippen molar-refractivity contribution >= 4 is 11.8 Å². The summed E-state index contributed by atoms with van der Waals surface area (Å²) in [4.78, 5) is 29.6. The maximum absolute atomic E-state index is 13.1. The molecule has 33 heavy (non-hydrogen) atoms. The van der Waals surface area contributed by atoms with E-state index < -0.39 is 0 Å². The molecule has 2 amide bonds. The molecule has 3 rings (SSSR count). The highest BCUT2D eigenvalue weighted by Crippen LogP contribution is 2.25. The minimum absolute atomic E-state index is 0.0314. The lowest BCUT2D eigenvalue weighted by Gasteiger charge is -2.33. The number of carbonyl (C=O) groups is 2. The van der Waals surface area contributed by atoms with Crippen molar-refractivity contribution in [1.82, 2.24) is 15.1 Å². The highest BCUT2D eigenvalue weighted by atomic mass is 19.1. The van der Waals surface area contributed by atoms with Crippen LogP contribution in [0.2, 0.25) is 0 Å². The maximum atomic E-state index is 13.1. The third kappa shape index (κ3) is 6.32. The number of carbonyl (C=O) groups excluding carboxylic acids is 2. The number of ether oxygens (including phenoxy) is 1. The monoisotopic (exact) mass is 455 g/mol. The predicted molar refractivity (Wildman–Crippen MR) is 127 cm³/mol. The van der Waals surface area contributed by atoms with Crippen molar-refractivity contribution in [1.29, 1.82) is 0 Å². The van der Waals surface area contributed by atoms with Crippen LogP contribution < -0.4 is 10.1 Å². The van der Waals surface area contributed by atoms with Gasteiger partial charge in [-0.1, -0.05) is 26.0 Å². The van der Waals surface area contributed by atoms with E-state index in [4.69, 9.17) is 4.74 Å². The zero-order valence-electron chi connectivity index (χ0n) is 19.7. The molecule has 0 aliphatic carbocycles. The summed E-state index contributed by atoms with van der Waals surface area (Å²) in [5.41, 5.74) is 1.58. The number of piperidine rings is 1. The van der Waals surface area contributed by atoms with Gasteiger partial charge in [-0.05, 0) is 67.9 Å². The van der Waals surface area contributed by atoms with Crippen LogP contribution in [0.15, 0.2) is 48.5 Å². The first kappa shape index (κ1) is 24.7. The highest BCUT2D eigenvalue weighted by molar-refractivity contribution is 5.94. The predicted octanol–water partition coefficient (Wildman–Crippen LogP) is 3.89. The summed E-state index contributed by atoms with van der Waals surface area (Å²) in [7, 11) is 1.65. The van der Waals surface area contributed by atoms with Gasteiger partial charge < -0.3 is 15.0 Å². The fourth-order valence-electron chi connectivity index (χ4n) is 4.43. The second-order valence-corrected chi connectivity index (χ2v) is 8.33. The number of nitrogens with zero attached hydrogens (tertiary/aromatic N) is 2. The Labute approximate surface area is 195 Å². The molecule has 0 aromatic heterocycles. The molecule has 0 radical (unpaired) electrons. The van der Waals surface area contributed by atoms with Crippen molar-refractivity contribution in [3.63, 3.8) is 0 Å². The van der Waals surface area contributed by atoms with Gasteiger partial charge in [-0.2, -0.15) is 0 Å². The van der Waals surface area contributed by atoms with E-state index in [2.05, 4.69) is 30.1 Å². The summed E-state index contributed by atoms with van der Waals surface area (Å²) in [6.07, 6.45) is 1.24. The molecule has 1 aliphatic heterocycles. The quantitative estimate of drug-likeness (QED) is 0.623. The molecule has 1 saturated heterocycles. The number of amides is 2. The van der Waals surface area contributed by atoms with Gasteiger partial charge >= 0.3 is 0 Å². The SMILES string of the molecule is CCN(CC)[C@H](CNC(=O)C1CCN(C(=O)c2ccc(F)cc2)CC1)c1cccc(OC)c1. The Kier molecular flexibility index (Phi) is 8.83. The molecule has 2 aromatic carbocycles. The first-order valence-electron chi connectivity index (χ1n) is 11.7. The first-order valence-corrected chi connectivity index (χ1v) is 11.7. The molecular formula is C26H34FN3O3. The number of halogens is 1. The lowest BCUT2D eigenvalue weighted by atomic mass is 9.95. The van der Waals surface area contributed by atoms with E-state index in [1.165, 1.54) is 24.3 Å². The number of methoxy groups -OCH3 is 1. The lowest BCUT2D eigenvalue weighted by molar-refractivity contribution is -0.126. The Morgan fingerprint density at radius 2 is 1.79 bits per heavy atom. The number of hydrogen-bond donors (Lipinski definition) is 1. The summed E-state index contributed by atoms with van der Waals surface area (Å²) in [6, 6.07) is 13.6. The summed E-state index contributed by atoms with van der Waals surface area (Å²) in [6.45, 7) is 7.53. The Hall–Kier alpha value is -2.93. The van der Waals surface area contributed by atoms with Crippen molar-refractivity contribution in [2.24, 2.45) is 5.92 Å². The van der Waals surface area contributed by atoms with E-state index in [1.807, 2.05) is 18.2 Å². The molecule has 178 valence electrons. The second-order valence-electron chi connectivity index (χ2n) is 8.33. The van der Waals surface area contributed by atoms with Crippen molar-refractivity contribution in [3.05, 3.63) is 65.5 Å². The van der Waals surface area contributed by atoms with E-state index in [0.29, 0.717) is 38.0 Å². The largest absolute Gasteiger partial charge is 0.497 e. The van der Waals surface area contributed by atoms with Gasteiger partial charge in [-0.15, -0.1) is 0 Å². The second kappa shape index (κ2) is 11.8. The number of likely N-dealkylation sites (N-methyl/N-ethyl adjacent to an activating group) is 1.